The van der Waals surface area contributed by atoms with Gasteiger partial charge in [-0.25, -0.2) is 4.79 Å². The van der Waals surface area contributed by atoms with Crippen molar-refractivity contribution in [2.45, 2.75) is 25.4 Å². The molecule has 2 fully saturated rings. The number of aliphatic hydroxyl groups is 1. The Morgan fingerprint density at radius 1 is 1.25 bits per heavy atom. The summed E-state index contributed by atoms with van der Waals surface area (Å²) in [4.78, 5) is 29.2. The number of hydrogen-bond acceptors (Lipinski definition) is 6. The van der Waals surface area contributed by atoms with E-state index >= 15 is 0 Å². The minimum atomic E-state index is -0.456. The van der Waals surface area contributed by atoms with Gasteiger partial charge in [-0.15, -0.1) is 0 Å². The molecule has 0 bridgehead atoms. The Morgan fingerprint density at radius 3 is 2.75 bits per heavy atom. The van der Waals surface area contributed by atoms with E-state index in [0.717, 1.165) is 37.3 Å². The molecule has 9 heteroatoms. The number of anilines is 2. The molecule has 7 nitrogen and oxygen atoms in total. The maximum absolute atomic E-state index is 12.4. The molecule has 2 N–H and O–H groups in total. The maximum atomic E-state index is 12.4. The molecule has 4 rings (SSSR count). The highest BCUT2D eigenvalue weighted by molar-refractivity contribution is 7.81. The summed E-state index contributed by atoms with van der Waals surface area (Å²) in [6, 6.07) is 7.79. The quantitative estimate of drug-likeness (QED) is 0.615. The Morgan fingerprint density at radius 2 is 2.00 bits per heavy atom. The number of rotatable bonds is 6. The lowest BCUT2D eigenvalue weighted by molar-refractivity contribution is -0.117. The van der Waals surface area contributed by atoms with Gasteiger partial charge in [0.15, 0.2) is 0 Å². The van der Waals surface area contributed by atoms with Crippen LogP contribution in [0.15, 0.2) is 47.0 Å². The van der Waals surface area contributed by atoms with Crippen LogP contribution in [0.4, 0.5) is 16.2 Å². The highest BCUT2D eigenvalue weighted by Crippen LogP contribution is 2.27. The second-order valence-electron chi connectivity index (χ2n) is 8.25. The standard InChI is InChI=1S/C23H26ClN3O4S/c24-16-3-8-21(32)20(10-16)22(29)25-11-19-13-27(23(30)31-19)18-6-4-17(5-7-18)26-9-1-2-15(12-26)14-28/h3-7,10,15,19,28H,1-2,8-9,11-14H2,(H,25,29). The van der Waals surface area contributed by atoms with E-state index in [1.807, 2.05) is 24.3 Å². The fourth-order valence-electron chi connectivity index (χ4n) is 4.20. The first kappa shape index (κ1) is 22.8. The summed E-state index contributed by atoms with van der Waals surface area (Å²) in [5.41, 5.74) is 2.20. The molecule has 1 aliphatic carbocycles. The van der Waals surface area contributed by atoms with Crippen LogP contribution in [0.25, 0.3) is 0 Å². The molecular formula is C23H26ClN3O4S. The number of aliphatic hydroxyl groups excluding tert-OH is 1. The highest BCUT2D eigenvalue weighted by atomic mass is 35.5. The Bertz CT molecular complexity index is 962. The molecule has 0 radical (unpaired) electrons. The zero-order chi connectivity index (χ0) is 22.7. The van der Waals surface area contributed by atoms with E-state index in [9.17, 15) is 14.7 Å². The van der Waals surface area contributed by atoms with Gasteiger partial charge in [0.25, 0.3) is 5.91 Å². The number of nitrogens with zero attached hydrogens (tertiary/aromatic N) is 2. The second-order valence-corrected chi connectivity index (χ2v) is 9.18. The van der Waals surface area contributed by atoms with Crippen LogP contribution >= 0.6 is 23.8 Å². The minimum absolute atomic E-state index is 0.191. The number of nitrogens with one attached hydrogen (secondary N) is 1. The summed E-state index contributed by atoms with van der Waals surface area (Å²) in [5.74, 6) is -0.0125. The van der Waals surface area contributed by atoms with E-state index in [4.69, 9.17) is 28.6 Å². The van der Waals surface area contributed by atoms with Gasteiger partial charge in [-0.3, -0.25) is 9.69 Å². The van der Waals surface area contributed by atoms with E-state index < -0.39 is 12.2 Å². The number of hydrogen-bond donors (Lipinski definition) is 2. The van der Waals surface area contributed by atoms with Gasteiger partial charge in [-0.05, 0) is 49.1 Å². The van der Waals surface area contributed by atoms with Gasteiger partial charge in [-0.2, -0.15) is 0 Å². The summed E-state index contributed by atoms with van der Waals surface area (Å²) >= 11 is 11.2. The average Bonchev–Trinajstić information content (AvgIpc) is 3.19. The average molecular weight is 476 g/mol. The lowest BCUT2D eigenvalue weighted by Crippen LogP contribution is -2.37. The summed E-state index contributed by atoms with van der Waals surface area (Å²) in [5, 5.41) is 12.7. The molecule has 2 heterocycles. The molecule has 1 aromatic rings. The van der Waals surface area contributed by atoms with Crippen molar-refractivity contribution in [2.24, 2.45) is 5.92 Å². The summed E-state index contributed by atoms with van der Waals surface area (Å²) in [6.45, 7) is 2.54. The Kier molecular flexibility index (Phi) is 7.13. The van der Waals surface area contributed by atoms with Gasteiger partial charge in [0.1, 0.15) is 6.10 Å². The second kappa shape index (κ2) is 10.0. The number of thiocarbonyl (C=S) groups is 1. The van der Waals surface area contributed by atoms with Crippen molar-refractivity contribution in [2.75, 3.05) is 42.6 Å². The molecule has 2 amide bonds. The topological polar surface area (TPSA) is 82.1 Å². The Labute approximate surface area is 197 Å². The number of carbonyl (C=O) groups is 2. The number of piperidine rings is 1. The van der Waals surface area contributed by atoms with E-state index in [1.54, 1.807) is 17.1 Å². The molecule has 3 aliphatic rings. The highest BCUT2D eigenvalue weighted by Gasteiger charge is 2.33. The fourth-order valence-corrected chi connectivity index (χ4v) is 4.62. The first-order valence-corrected chi connectivity index (χ1v) is 11.6. The molecule has 2 unspecified atom stereocenters. The zero-order valence-electron chi connectivity index (χ0n) is 17.6. The van der Waals surface area contributed by atoms with Crippen molar-refractivity contribution >= 4 is 52.1 Å². The van der Waals surface area contributed by atoms with Gasteiger partial charge >= 0.3 is 6.09 Å². The molecule has 1 aromatic carbocycles. The predicted octanol–water partition coefficient (Wildman–Crippen LogP) is 3.16. The van der Waals surface area contributed by atoms with Crippen molar-refractivity contribution < 1.29 is 19.4 Å². The van der Waals surface area contributed by atoms with E-state index in [1.165, 1.54) is 0 Å². The molecule has 170 valence electrons. The number of halogens is 1. The fraction of sp³-hybridized carbons (Fsp3) is 0.435. The summed E-state index contributed by atoms with van der Waals surface area (Å²) in [7, 11) is 0. The molecule has 2 atom stereocenters. The van der Waals surface area contributed by atoms with Crippen molar-refractivity contribution in [1.82, 2.24) is 5.32 Å². The van der Waals surface area contributed by atoms with Crippen LogP contribution < -0.4 is 15.1 Å². The van der Waals surface area contributed by atoms with E-state index in [0.29, 0.717) is 34.4 Å². The van der Waals surface area contributed by atoms with Gasteiger partial charge < -0.3 is 20.1 Å². The van der Waals surface area contributed by atoms with Crippen molar-refractivity contribution in [1.29, 1.82) is 0 Å². The first-order chi connectivity index (χ1) is 15.4. The van der Waals surface area contributed by atoms with Crippen LogP contribution in [-0.4, -0.2) is 60.9 Å². The van der Waals surface area contributed by atoms with E-state index in [-0.39, 0.29) is 19.1 Å². The largest absolute Gasteiger partial charge is 0.442 e. The minimum Gasteiger partial charge on any atom is -0.442 e. The third-order valence-corrected chi connectivity index (χ3v) is 6.63. The van der Waals surface area contributed by atoms with Crippen LogP contribution in [0, 0.1) is 5.92 Å². The number of benzene rings is 1. The molecule has 32 heavy (non-hydrogen) atoms. The maximum Gasteiger partial charge on any atom is 0.414 e. The van der Waals surface area contributed by atoms with Crippen molar-refractivity contribution in [3.63, 3.8) is 0 Å². The number of amides is 2. The van der Waals surface area contributed by atoms with Gasteiger partial charge in [0.2, 0.25) is 0 Å². The third-order valence-electron chi connectivity index (χ3n) is 5.98. The normalized spacial score (nSPS) is 23.6. The van der Waals surface area contributed by atoms with Crippen molar-refractivity contribution in [3.8, 4) is 0 Å². The number of allylic oxidation sites excluding steroid dienone is 3. The van der Waals surface area contributed by atoms with Crippen LogP contribution in [0.1, 0.15) is 19.3 Å². The van der Waals surface area contributed by atoms with Gasteiger partial charge in [0.05, 0.1) is 18.7 Å². The molecular weight excluding hydrogens is 450 g/mol. The van der Waals surface area contributed by atoms with Crippen LogP contribution in [0.2, 0.25) is 0 Å². The smallest absolute Gasteiger partial charge is 0.414 e. The van der Waals surface area contributed by atoms with Gasteiger partial charge in [0, 0.05) is 47.4 Å². The van der Waals surface area contributed by atoms with Crippen LogP contribution in [0.3, 0.4) is 0 Å². The van der Waals surface area contributed by atoms with Crippen LogP contribution in [0.5, 0.6) is 0 Å². The monoisotopic (exact) mass is 475 g/mol. The van der Waals surface area contributed by atoms with Gasteiger partial charge in [-0.1, -0.05) is 29.9 Å². The van der Waals surface area contributed by atoms with E-state index in [2.05, 4.69) is 10.2 Å². The lowest BCUT2D eigenvalue weighted by Gasteiger charge is -2.33. The zero-order valence-corrected chi connectivity index (χ0v) is 19.2. The molecule has 0 saturated carbocycles. The molecule has 2 aliphatic heterocycles. The summed E-state index contributed by atoms with van der Waals surface area (Å²) < 4.78 is 5.43. The molecule has 0 spiro atoms. The number of cyclic esters (lactones) is 1. The molecule has 0 aromatic heterocycles. The SMILES string of the molecule is O=C(NCC1CN(c2ccc(N3CCCC(CO)C3)cc2)C(=O)O1)C1=CC(Cl)=CCC1=S. The first-order valence-electron chi connectivity index (χ1n) is 10.8. The van der Waals surface area contributed by atoms with Crippen molar-refractivity contribution in [3.05, 3.63) is 47.0 Å². The van der Waals surface area contributed by atoms with Crippen LogP contribution in [-0.2, 0) is 9.53 Å². The third kappa shape index (κ3) is 5.14. The Hall–Kier alpha value is -2.42. The number of carbonyl (C=O) groups excluding carboxylic acids is 2. The molecule has 2 saturated heterocycles. The number of ether oxygens (including phenoxy) is 1. The summed E-state index contributed by atoms with van der Waals surface area (Å²) in [6.07, 6.45) is 5.00. The predicted molar refractivity (Wildman–Crippen MR) is 128 cm³/mol. The Balaban J connectivity index is 1.33. The lowest BCUT2D eigenvalue weighted by atomic mass is 9.98.